The number of benzene rings is 2. The molecule has 4 heteroatoms. The van der Waals surface area contributed by atoms with Gasteiger partial charge in [-0.15, -0.1) is 0 Å². The smallest absolute Gasteiger partial charge is 0.127 e. The molecule has 0 spiro atoms. The molecule has 0 saturated carbocycles. The molecule has 2 aromatic carbocycles. The highest BCUT2D eigenvalue weighted by Crippen LogP contribution is 2.22. The van der Waals surface area contributed by atoms with E-state index in [4.69, 9.17) is 29.2 Å². The van der Waals surface area contributed by atoms with E-state index in [1.165, 1.54) is 0 Å². The van der Waals surface area contributed by atoms with Crippen molar-refractivity contribution >= 4 is 39.9 Å². The van der Waals surface area contributed by atoms with Crippen LogP contribution in [0.1, 0.15) is 11.1 Å². The van der Waals surface area contributed by atoms with E-state index in [9.17, 15) is 0 Å². The van der Waals surface area contributed by atoms with Crippen LogP contribution < -0.4 is 9.64 Å². The maximum absolute atomic E-state index is 5.53. The summed E-state index contributed by atoms with van der Waals surface area (Å²) in [6, 6.07) is 15.7. The number of nitrogens with zero attached hydrogens (tertiary/aromatic N) is 1. The van der Waals surface area contributed by atoms with Crippen LogP contribution in [0.15, 0.2) is 48.5 Å². The van der Waals surface area contributed by atoms with Crippen LogP contribution in [0.3, 0.4) is 0 Å². The lowest BCUT2D eigenvalue weighted by molar-refractivity contribution is 0.414. The van der Waals surface area contributed by atoms with Crippen molar-refractivity contribution in [1.29, 1.82) is 0 Å². The van der Waals surface area contributed by atoms with Gasteiger partial charge in [-0.1, -0.05) is 48.7 Å². The molecule has 0 aliphatic heterocycles. The summed E-state index contributed by atoms with van der Waals surface area (Å²) in [4.78, 5) is 3.35. The van der Waals surface area contributed by atoms with Crippen LogP contribution in [-0.2, 0) is 0 Å². The maximum atomic E-state index is 5.53. The van der Waals surface area contributed by atoms with E-state index in [2.05, 4.69) is 0 Å². The van der Waals surface area contributed by atoms with Gasteiger partial charge in [0, 0.05) is 25.3 Å². The van der Waals surface area contributed by atoms with Gasteiger partial charge in [0.05, 0.1) is 16.8 Å². The van der Waals surface area contributed by atoms with E-state index in [-0.39, 0.29) is 0 Å². The number of methoxy groups -OCH3 is 1. The van der Waals surface area contributed by atoms with Crippen molar-refractivity contribution in [2.24, 2.45) is 0 Å². The van der Waals surface area contributed by atoms with E-state index < -0.39 is 0 Å². The largest absolute Gasteiger partial charge is 0.496 e. The number of thiocarbonyl (C=S) groups is 2. The summed E-state index contributed by atoms with van der Waals surface area (Å²) in [5.74, 6) is 0.745. The molecule has 108 valence electrons. The fraction of sp³-hybridized carbons (Fsp3) is 0.176. The van der Waals surface area contributed by atoms with Crippen molar-refractivity contribution in [3.63, 3.8) is 0 Å². The molecule has 0 radical (unpaired) electrons. The van der Waals surface area contributed by atoms with Gasteiger partial charge in [-0.2, -0.15) is 0 Å². The highest BCUT2D eigenvalue weighted by molar-refractivity contribution is 7.90. The Morgan fingerprint density at radius 1 is 0.905 bits per heavy atom. The van der Waals surface area contributed by atoms with Crippen molar-refractivity contribution in [2.45, 2.75) is 0 Å². The van der Waals surface area contributed by atoms with Crippen LogP contribution in [0.4, 0.5) is 5.69 Å². The molecule has 0 aliphatic rings. The first-order chi connectivity index (χ1) is 10.0. The molecule has 0 heterocycles. The highest BCUT2D eigenvalue weighted by Gasteiger charge is 2.14. The van der Waals surface area contributed by atoms with Gasteiger partial charge in [0.15, 0.2) is 0 Å². The zero-order valence-corrected chi connectivity index (χ0v) is 13.9. The molecule has 0 bridgehead atoms. The van der Waals surface area contributed by atoms with Gasteiger partial charge in [-0.25, -0.2) is 0 Å². The van der Waals surface area contributed by atoms with Crippen molar-refractivity contribution in [1.82, 2.24) is 0 Å². The Bertz CT molecular complexity index is 663. The minimum atomic E-state index is 0.639. The topological polar surface area (TPSA) is 12.5 Å². The first-order valence-corrected chi connectivity index (χ1v) is 7.35. The Balaban J connectivity index is 2.29. The molecular formula is C17H17NOS2. The molecule has 0 aliphatic carbocycles. The second kappa shape index (κ2) is 6.78. The van der Waals surface area contributed by atoms with Crippen molar-refractivity contribution in [2.75, 3.05) is 26.1 Å². The molecule has 0 aromatic heterocycles. The SMILES string of the molecule is COc1ccccc1C(=S)C(=S)c1ccc(N(C)C)cc1. The van der Waals surface area contributed by atoms with E-state index >= 15 is 0 Å². The molecule has 0 atom stereocenters. The molecular weight excluding hydrogens is 298 g/mol. The summed E-state index contributed by atoms with van der Waals surface area (Å²) < 4.78 is 5.35. The zero-order valence-electron chi connectivity index (χ0n) is 12.3. The van der Waals surface area contributed by atoms with Crippen LogP contribution in [0.2, 0.25) is 0 Å². The van der Waals surface area contributed by atoms with Crippen LogP contribution >= 0.6 is 24.4 Å². The van der Waals surface area contributed by atoms with Gasteiger partial charge in [0.25, 0.3) is 0 Å². The molecule has 2 aromatic rings. The minimum absolute atomic E-state index is 0.639. The van der Waals surface area contributed by atoms with Gasteiger partial charge in [0.1, 0.15) is 5.75 Å². The van der Waals surface area contributed by atoms with Crippen LogP contribution in [0, 0.1) is 0 Å². The molecule has 0 unspecified atom stereocenters. The van der Waals surface area contributed by atoms with Crippen LogP contribution in [0.25, 0.3) is 0 Å². The Morgan fingerprint density at radius 3 is 2.10 bits per heavy atom. The second-order valence-corrected chi connectivity index (χ2v) is 5.62. The Kier molecular flexibility index (Phi) is 5.04. The molecule has 2 nitrogen and oxygen atoms in total. The number of para-hydroxylation sites is 1. The summed E-state index contributed by atoms with van der Waals surface area (Å²) in [6.45, 7) is 0. The van der Waals surface area contributed by atoms with Crippen molar-refractivity contribution in [3.05, 3.63) is 59.7 Å². The molecule has 0 fully saturated rings. The lowest BCUT2D eigenvalue weighted by Crippen LogP contribution is -2.14. The Labute approximate surface area is 136 Å². The van der Waals surface area contributed by atoms with Gasteiger partial charge in [-0.3, -0.25) is 0 Å². The number of hydrogen-bond acceptors (Lipinski definition) is 4. The van der Waals surface area contributed by atoms with Gasteiger partial charge >= 0.3 is 0 Å². The molecule has 0 N–H and O–H groups in total. The van der Waals surface area contributed by atoms with E-state index in [0.717, 1.165) is 22.6 Å². The summed E-state index contributed by atoms with van der Waals surface area (Å²) >= 11 is 11.1. The first-order valence-electron chi connectivity index (χ1n) is 6.54. The summed E-state index contributed by atoms with van der Waals surface area (Å²) in [7, 11) is 5.65. The average molecular weight is 315 g/mol. The number of hydrogen-bond donors (Lipinski definition) is 0. The molecule has 0 saturated heterocycles. The third-order valence-corrected chi connectivity index (χ3v) is 4.20. The number of rotatable bonds is 5. The number of ether oxygens (including phenoxy) is 1. The Morgan fingerprint density at radius 2 is 1.52 bits per heavy atom. The van der Waals surface area contributed by atoms with Crippen molar-refractivity contribution < 1.29 is 4.74 Å². The lowest BCUT2D eigenvalue weighted by atomic mass is 10.0. The third kappa shape index (κ3) is 3.46. The quantitative estimate of drug-likeness (QED) is 0.612. The Hall–Kier alpha value is -1.78. The molecule has 2 rings (SSSR count). The predicted molar refractivity (Wildman–Crippen MR) is 97.2 cm³/mol. The monoisotopic (exact) mass is 315 g/mol. The molecule has 21 heavy (non-hydrogen) atoms. The van der Waals surface area contributed by atoms with E-state index in [0.29, 0.717) is 9.73 Å². The summed E-state index contributed by atoms with van der Waals surface area (Å²) in [6.07, 6.45) is 0. The van der Waals surface area contributed by atoms with E-state index in [1.807, 2.05) is 67.5 Å². The predicted octanol–water partition coefficient (Wildman–Crippen LogP) is 3.90. The molecule has 0 amide bonds. The lowest BCUT2D eigenvalue weighted by Gasteiger charge is -2.14. The number of anilines is 1. The van der Waals surface area contributed by atoms with Gasteiger partial charge in [0.2, 0.25) is 0 Å². The minimum Gasteiger partial charge on any atom is -0.496 e. The second-order valence-electron chi connectivity index (χ2n) is 4.80. The average Bonchev–Trinajstić information content (AvgIpc) is 2.53. The highest BCUT2D eigenvalue weighted by atomic mass is 32.1. The third-order valence-electron chi connectivity index (χ3n) is 3.20. The zero-order chi connectivity index (χ0) is 15.4. The fourth-order valence-electron chi connectivity index (χ4n) is 2.00. The standard InChI is InChI=1S/C17H17NOS2/c1-18(2)13-10-8-12(9-11-13)16(20)17(21)14-6-4-5-7-15(14)19-3/h4-11H,1-3H3. The van der Waals surface area contributed by atoms with Crippen LogP contribution in [-0.4, -0.2) is 30.9 Å². The van der Waals surface area contributed by atoms with Crippen molar-refractivity contribution in [3.8, 4) is 5.75 Å². The normalized spacial score (nSPS) is 10.0. The maximum Gasteiger partial charge on any atom is 0.127 e. The van der Waals surface area contributed by atoms with Crippen LogP contribution in [0.5, 0.6) is 5.75 Å². The van der Waals surface area contributed by atoms with E-state index in [1.54, 1.807) is 7.11 Å². The van der Waals surface area contributed by atoms with Gasteiger partial charge < -0.3 is 9.64 Å². The summed E-state index contributed by atoms with van der Waals surface area (Å²) in [5.41, 5.74) is 2.94. The van der Waals surface area contributed by atoms with Gasteiger partial charge in [-0.05, 0) is 29.8 Å². The first kappa shape index (κ1) is 15.6. The summed E-state index contributed by atoms with van der Waals surface area (Å²) in [5, 5.41) is 0. The fourth-order valence-corrected chi connectivity index (χ4v) is 2.53.